The number of carbonyl (C=O) groups is 2. The zero-order valence-corrected chi connectivity index (χ0v) is 20.5. The second kappa shape index (κ2) is 12.5. The van der Waals surface area contributed by atoms with Crippen molar-refractivity contribution in [2.75, 3.05) is 26.7 Å². The van der Waals surface area contributed by atoms with Crippen LogP contribution in [-0.2, 0) is 16.1 Å². The number of benzene rings is 2. The monoisotopic (exact) mass is 468 g/mol. The van der Waals surface area contributed by atoms with Crippen molar-refractivity contribution in [3.8, 4) is 5.75 Å². The van der Waals surface area contributed by atoms with Crippen LogP contribution in [0.3, 0.4) is 0 Å². The lowest BCUT2D eigenvalue weighted by Gasteiger charge is -2.42. The Morgan fingerprint density at radius 1 is 1.03 bits per heavy atom. The van der Waals surface area contributed by atoms with Gasteiger partial charge < -0.3 is 14.5 Å². The minimum absolute atomic E-state index is 0.0641. The summed E-state index contributed by atoms with van der Waals surface area (Å²) in [6.45, 7) is 4.31. The fraction of sp³-hybridized carbons (Fsp3) is 0.500. The highest BCUT2D eigenvalue weighted by Gasteiger charge is 2.39. The summed E-state index contributed by atoms with van der Waals surface area (Å²) in [7, 11) is 1.83. The molecule has 1 aliphatic rings. The second-order valence-corrected chi connectivity index (χ2v) is 9.49. The molecule has 2 aromatic carbocycles. The third-order valence-corrected chi connectivity index (χ3v) is 6.74. The summed E-state index contributed by atoms with van der Waals surface area (Å²) in [4.78, 5) is 29.5. The Kier molecular flexibility index (Phi) is 9.49. The maximum absolute atomic E-state index is 13.3. The Balaban J connectivity index is 1.64. The largest absolute Gasteiger partial charge is 0.493 e. The Morgan fingerprint density at radius 3 is 2.35 bits per heavy atom. The smallest absolute Gasteiger partial charge is 0.223 e. The van der Waals surface area contributed by atoms with Gasteiger partial charge in [-0.15, -0.1) is 0 Å². The predicted molar refractivity (Wildman–Crippen MR) is 132 cm³/mol. The van der Waals surface area contributed by atoms with Gasteiger partial charge in [-0.05, 0) is 49.1 Å². The van der Waals surface area contributed by atoms with E-state index in [0.717, 1.165) is 24.8 Å². The molecule has 1 aliphatic heterocycles. The number of halogens is 1. The van der Waals surface area contributed by atoms with E-state index < -0.39 is 0 Å². The normalized spacial score (nSPS) is 15.1. The molecular formula is C28H37FN2O3. The molecule has 0 bridgehead atoms. The molecule has 3 rings (SSSR count). The van der Waals surface area contributed by atoms with Gasteiger partial charge in [0.05, 0.1) is 6.61 Å². The van der Waals surface area contributed by atoms with Crippen molar-refractivity contribution in [2.45, 2.75) is 58.4 Å². The van der Waals surface area contributed by atoms with Crippen LogP contribution in [0.15, 0.2) is 54.6 Å². The summed E-state index contributed by atoms with van der Waals surface area (Å²) in [5, 5.41) is 0. The van der Waals surface area contributed by atoms with Gasteiger partial charge in [0.2, 0.25) is 11.8 Å². The van der Waals surface area contributed by atoms with E-state index in [-0.39, 0.29) is 23.0 Å². The van der Waals surface area contributed by atoms with Crippen molar-refractivity contribution in [3.05, 3.63) is 66.0 Å². The van der Waals surface area contributed by atoms with E-state index in [1.807, 2.05) is 42.3 Å². The van der Waals surface area contributed by atoms with Crippen LogP contribution in [0.2, 0.25) is 0 Å². The number of hydrogen-bond donors (Lipinski definition) is 0. The fourth-order valence-electron chi connectivity index (χ4n) is 4.46. The van der Waals surface area contributed by atoms with Crippen molar-refractivity contribution >= 4 is 11.8 Å². The molecule has 6 heteroatoms. The third kappa shape index (κ3) is 7.57. The van der Waals surface area contributed by atoms with Gasteiger partial charge in [-0.25, -0.2) is 4.39 Å². The average Bonchev–Trinajstić information content (AvgIpc) is 2.85. The van der Waals surface area contributed by atoms with Crippen molar-refractivity contribution in [2.24, 2.45) is 5.41 Å². The molecule has 0 radical (unpaired) electrons. The Bertz CT molecular complexity index is 909. The molecule has 0 N–H and O–H groups in total. The second-order valence-electron chi connectivity index (χ2n) is 9.49. The molecule has 2 aromatic rings. The first kappa shape index (κ1) is 25.7. The molecule has 1 fully saturated rings. The first-order chi connectivity index (χ1) is 16.4. The first-order valence-corrected chi connectivity index (χ1v) is 12.3. The van der Waals surface area contributed by atoms with Crippen LogP contribution in [0.1, 0.15) is 57.4 Å². The highest BCUT2D eigenvalue weighted by molar-refractivity contribution is 5.77. The quantitative estimate of drug-likeness (QED) is 0.413. The molecule has 5 nitrogen and oxygen atoms in total. The van der Waals surface area contributed by atoms with E-state index in [4.69, 9.17) is 4.74 Å². The van der Waals surface area contributed by atoms with E-state index in [0.29, 0.717) is 57.7 Å². The molecule has 0 saturated carbocycles. The van der Waals surface area contributed by atoms with E-state index >= 15 is 0 Å². The first-order valence-electron chi connectivity index (χ1n) is 12.3. The summed E-state index contributed by atoms with van der Waals surface area (Å²) in [6, 6.07) is 15.9. The predicted octanol–water partition coefficient (Wildman–Crippen LogP) is 5.44. The molecule has 34 heavy (non-hydrogen) atoms. The van der Waals surface area contributed by atoms with Crippen LogP contribution in [0.4, 0.5) is 4.39 Å². The molecule has 0 spiro atoms. The molecule has 0 unspecified atom stereocenters. The van der Waals surface area contributed by atoms with Gasteiger partial charge in [-0.2, -0.15) is 0 Å². The van der Waals surface area contributed by atoms with Crippen molar-refractivity contribution in [3.63, 3.8) is 0 Å². The summed E-state index contributed by atoms with van der Waals surface area (Å²) in [5.41, 5.74) is 0.721. The number of unbranched alkanes of at least 4 members (excludes halogenated alkanes) is 2. The van der Waals surface area contributed by atoms with Crippen LogP contribution in [0, 0.1) is 11.2 Å². The lowest BCUT2D eigenvalue weighted by Crippen LogP contribution is -2.47. The highest BCUT2D eigenvalue weighted by atomic mass is 19.1. The zero-order valence-electron chi connectivity index (χ0n) is 20.5. The third-order valence-electron chi connectivity index (χ3n) is 6.74. The standard InChI is InChI=1S/C28H37FN2O3/c1-3-4-6-11-26(32)31-18-16-28(17-19-31,22-34-25-14-12-24(29)13-15-25)20-27(33)30(2)21-23-9-7-5-8-10-23/h5,7-10,12-15H,3-4,6,11,16-22H2,1-2H3. The highest BCUT2D eigenvalue weighted by Crippen LogP contribution is 2.37. The number of amides is 2. The van der Waals surface area contributed by atoms with Crippen molar-refractivity contribution in [1.82, 2.24) is 9.80 Å². The minimum Gasteiger partial charge on any atom is -0.493 e. The van der Waals surface area contributed by atoms with Gasteiger partial charge in [-0.3, -0.25) is 9.59 Å². The number of ether oxygens (including phenoxy) is 1. The summed E-state index contributed by atoms with van der Waals surface area (Å²) >= 11 is 0. The van der Waals surface area contributed by atoms with Crippen molar-refractivity contribution < 1.29 is 18.7 Å². The van der Waals surface area contributed by atoms with Crippen LogP contribution >= 0.6 is 0 Å². The van der Waals surface area contributed by atoms with Gasteiger partial charge in [0.25, 0.3) is 0 Å². The van der Waals surface area contributed by atoms with Gasteiger partial charge in [-0.1, -0.05) is 50.1 Å². The number of carbonyl (C=O) groups excluding carboxylic acids is 2. The summed E-state index contributed by atoms with van der Waals surface area (Å²) in [5.74, 6) is 0.543. The molecule has 0 aliphatic carbocycles. The molecule has 0 aromatic heterocycles. The fourth-order valence-corrected chi connectivity index (χ4v) is 4.46. The number of piperidine rings is 1. The van der Waals surface area contributed by atoms with Crippen LogP contribution in [-0.4, -0.2) is 48.4 Å². The maximum Gasteiger partial charge on any atom is 0.223 e. The molecule has 0 atom stereocenters. The average molecular weight is 469 g/mol. The van der Waals surface area contributed by atoms with Crippen LogP contribution in [0.25, 0.3) is 0 Å². The molecule has 1 heterocycles. The van der Waals surface area contributed by atoms with Gasteiger partial charge in [0, 0.05) is 44.9 Å². The number of rotatable bonds is 11. The Morgan fingerprint density at radius 2 is 1.71 bits per heavy atom. The van der Waals surface area contributed by atoms with Gasteiger partial charge in [0.15, 0.2) is 0 Å². The Labute approximate surface area is 202 Å². The van der Waals surface area contributed by atoms with E-state index in [1.54, 1.807) is 17.0 Å². The van der Waals surface area contributed by atoms with Crippen molar-refractivity contribution in [1.29, 1.82) is 0 Å². The van der Waals surface area contributed by atoms with Gasteiger partial charge >= 0.3 is 0 Å². The Hall–Kier alpha value is -2.89. The maximum atomic E-state index is 13.3. The van der Waals surface area contributed by atoms with E-state index in [1.165, 1.54) is 12.1 Å². The SMILES string of the molecule is CCCCCC(=O)N1CCC(COc2ccc(F)cc2)(CC(=O)N(C)Cc2ccccc2)CC1. The van der Waals surface area contributed by atoms with E-state index in [2.05, 4.69) is 6.92 Å². The van der Waals surface area contributed by atoms with Crippen LogP contribution in [0.5, 0.6) is 5.75 Å². The lowest BCUT2D eigenvalue weighted by atomic mass is 9.75. The molecule has 2 amide bonds. The number of likely N-dealkylation sites (tertiary alicyclic amines) is 1. The molecular weight excluding hydrogens is 431 g/mol. The summed E-state index contributed by atoms with van der Waals surface area (Å²) in [6.07, 6.45) is 5.44. The topological polar surface area (TPSA) is 49.9 Å². The van der Waals surface area contributed by atoms with Crippen LogP contribution < -0.4 is 4.74 Å². The van der Waals surface area contributed by atoms with Gasteiger partial charge in [0.1, 0.15) is 11.6 Å². The molecule has 1 saturated heterocycles. The zero-order chi connectivity index (χ0) is 24.4. The number of nitrogens with zero attached hydrogens (tertiary/aromatic N) is 2. The molecule has 184 valence electrons. The van der Waals surface area contributed by atoms with E-state index in [9.17, 15) is 14.0 Å². The summed E-state index contributed by atoms with van der Waals surface area (Å²) < 4.78 is 19.3. The number of hydrogen-bond acceptors (Lipinski definition) is 3. The minimum atomic E-state index is -0.364. The lowest BCUT2D eigenvalue weighted by molar-refractivity contribution is -0.137.